The Balaban J connectivity index is 2.58. The molecule has 0 saturated carbocycles. The monoisotopic (exact) mass is 284 g/mol. The summed E-state index contributed by atoms with van der Waals surface area (Å²) in [6.07, 6.45) is 2.54. The van der Waals surface area contributed by atoms with Crippen LogP contribution in [0.3, 0.4) is 0 Å². The zero-order valence-corrected chi connectivity index (χ0v) is 14.1. The molecule has 1 atom stereocenters. The molecule has 1 fully saturated rings. The third-order valence-corrected chi connectivity index (χ3v) is 4.19. The van der Waals surface area contributed by atoms with Crippen molar-refractivity contribution in [2.24, 2.45) is 5.92 Å². The highest BCUT2D eigenvalue weighted by molar-refractivity contribution is 5.76. The maximum atomic E-state index is 12.1. The van der Waals surface area contributed by atoms with Gasteiger partial charge in [0.05, 0.1) is 11.6 Å². The van der Waals surface area contributed by atoms with Crippen LogP contribution in [0.2, 0.25) is 0 Å². The lowest BCUT2D eigenvalue weighted by Crippen LogP contribution is -2.58. The first-order valence-electron chi connectivity index (χ1n) is 7.62. The van der Waals surface area contributed by atoms with Crippen LogP contribution in [0.4, 0.5) is 0 Å². The van der Waals surface area contributed by atoms with Gasteiger partial charge in [0.1, 0.15) is 0 Å². The first kappa shape index (κ1) is 17.4. The Labute approximate surface area is 123 Å². The smallest absolute Gasteiger partial charge is 0.220 e. The number of hydrogen-bond acceptors (Lipinski definition) is 3. The Kier molecular flexibility index (Phi) is 4.92. The molecule has 0 aromatic carbocycles. The van der Waals surface area contributed by atoms with E-state index < -0.39 is 5.60 Å². The molecule has 1 saturated heterocycles. The van der Waals surface area contributed by atoms with Gasteiger partial charge in [0.15, 0.2) is 0 Å². The van der Waals surface area contributed by atoms with Gasteiger partial charge in [-0.05, 0) is 67.2 Å². The molecule has 4 nitrogen and oxygen atoms in total. The fourth-order valence-electron chi connectivity index (χ4n) is 3.42. The number of aliphatic hydroxyl groups is 1. The minimum atomic E-state index is -0.887. The van der Waals surface area contributed by atoms with Gasteiger partial charge < -0.3 is 15.7 Å². The van der Waals surface area contributed by atoms with Crippen LogP contribution < -0.4 is 10.6 Å². The van der Waals surface area contributed by atoms with Crippen LogP contribution in [-0.2, 0) is 4.79 Å². The molecule has 118 valence electrons. The molecular formula is C16H32N2O2. The number of carbonyl (C=O) groups excluding carboxylic acids is 1. The highest BCUT2D eigenvalue weighted by Gasteiger charge is 2.38. The van der Waals surface area contributed by atoms with Crippen LogP contribution in [0.25, 0.3) is 0 Å². The second-order valence-corrected chi connectivity index (χ2v) is 8.31. The van der Waals surface area contributed by atoms with Gasteiger partial charge in [-0.1, -0.05) is 0 Å². The van der Waals surface area contributed by atoms with Crippen LogP contribution in [0, 0.1) is 5.92 Å². The summed E-state index contributed by atoms with van der Waals surface area (Å²) in [7, 11) is 0. The third kappa shape index (κ3) is 5.41. The number of rotatable bonds is 4. The Morgan fingerprint density at radius 3 is 2.15 bits per heavy atom. The van der Waals surface area contributed by atoms with Gasteiger partial charge in [0, 0.05) is 17.5 Å². The van der Waals surface area contributed by atoms with Crippen LogP contribution in [0.5, 0.6) is 0 Å². The number of hydrogen-bond donors (Lipinski definition) is 3. The van der Waals surface area contributed by atoms with Crippen LogP contribution >= 0.6 is 0 Å². The van der Waals surface area contributed by atoms with Gasteiger partial charge in [0.25, 0.3) is 0 Å². The average Bonchev–Trinajstić information content (AvgIpc) is 2.09. The van der Waals surface area contributed by atoms with Gasteiger partial charge >= 0.3 is 0 Å². The van der Waals surface area contributed by atoms with E-state index in [-0.39, 0.29) is 23.0 Å². The number of nitrogens with one attached hydrogen (secondary N) is 2. The lowest BCUT2D eigenvalue weighted by atomic mass is 9.74. The maximum Gasteiger partial charge on any atom is 0.220 e. The molecule has 1 aliphatic heterocycles. The lowest BCUT2D eigenvalue weighted by Gasteiger charge is -2.46. The summed E-state index contributed by atoms with van der Waals surface area (Å²) in [4.78, 5) is 12.1. The fourth-order valence-corrected chi connectivity index (χ4v) is 3.42. The summed E-state index contributed by atoms with van der Waals surface area (Å²) in [5, 5.41) is 16.4. The largest absolute Gasteiger partial charge is 0.388 e. The van der Waals surface area contributed by atoms with Crippen molar-refractivity contribution < 1.29 is 9.90 Å². The van der Waals surface area contributed by atoms with Gasteiger partial charge in [-0.15, -0.1) is 0 Å². The van der Waals surface area contributed by atoms with Crippen molar-refractivity contribution in [2.45, 2.75) is 90.4 Å². The van der Waals surface area contributed by atoms with Gasteiger partial charge in [0.2, 0.25) is 5.91 Å². The molecule has 1 unspecified atom stereocenters. The Hall–Kier alpha value is -0.610. The van der Waals surface area contributed by atoms with Crippen LogP contribution in [-0.4, -0.2) is 33.7 Å². The molecule has 1 amide bonds. The van der Waals surface area contributed by atoms with E-state index in [2.05, 4.69) is 38.3 Å². The Morgan fingerprint density at radius 1 is 1.30 bits per heavy atom. The first-order valence-corrected chi connectivity index (χ1v) is 7.62. The maximum absolute atomic E-state index is 12.1. The van der Waals surface area contributed by atoms with Crippen LogP contribution in [0.15, 0.2) is 0 Å². The van der Waals surface area contributed by atoms with Gasteiger partial charge in [-0.25, -0.2) is 0 Å². The second-order valence-electron chi connectivity index (χ2n) is 8.31. The highest BCUT2D eigenvalue weighted by atomic mass is 16.3. The van der Waals surface area contributed by atoms with Crippen molar-refractivity contribution in [1.82, 2.24) is 10.6 Å². The van der Waals surface area contributed by atoms with E-state index in [1.807, 2.05) is 6.92 Å². The minimum Gasteiger partial charge on any atom is -0.388 e. The Bertz CT molecular complexity index is 340. The van der Waals surface area contributed by atoms with Crippen LogP contribution in [0.1, 0.15) is 67.7 Å². The summed E-state index contributed by atoms with van der Waals surface area (Å²) in [5.41, 5.74) is -0.758. The molecule has 0 aliphatic carbocycles. The second kappa shape index (κ2) is 5.64. The molecule has 1 heterocycles. The normalized spacial score (nSPS) is 24.2. The zero-order chi connectivity index (χ0) is 15.8. The van der Waals surface area contributed by atoms with E-state index >= 15 is 0 Å². The molecule has 3 N–H and O–H groups in total. The third-order valence-electron chi connectivity index (χ3n) is 4.19. The van der Waals surface area contributed by atoms with Crippen molar-refractivity contribution >= 4 is 5.91 Å². The Morgan fingerprint density at radius 2 is 1.75 bits per heavy atom. The van der Waals surface area contributed by atoms with E-state index in [9.17, 15) is 9.90 Å². The molecule has 4 heteroatoms. The fraction of sp³-hybridized carbons (Fsp3) is 0.938. The average molecular weight is 284 g/mol. The molecule has 1 aliphatic rings. The summed E-state index contributed by atoms with van der Waals surface area (Å²) >= 11 is 0. The predicted octanol–water partition coefficient (Wildman–Crippen LogP) is 2.21. The lowest BCUT2D eigenvalue weighted by molar-refractivity contribution is -0.125. The number of amides is 1. The summed E-state index contributed by atoms with van der Waals surface area (Å²) in [6.45, 7) is 14.0. The minimum absolute atomic E-state index is 0.0399. The SMILES string of the molecule is CC(NC(=O)CC1CC(C)(C)NC(C)(C)C1)C(C)(C)O. The van der Waals surface area contributed by atoms with E-state index in [1.165, 1.54) is 0 Å². The van der Waals surface area contributed by atoms with E-state index in [1.54, 1.807) is 13.8 Å². The molecule has 0 aromatic rings. The van der Waals surface area contributed by atoms with Gasteiger partial charge in [-0.2, -0.15) is 0 Å². The summed E-state index contributed by atoms with van der Waals surface area (Å²) in [6, 6.07) is -0.238. The quantitative estimate of drug-likeness (QED) is 0.742. The summed E-state index contributed by atoms with van der Waals surface area (Å²) < 4.78 is 0. The van der Waals surface area contributed by atoms with Crippen molar-refractivity contribution in [1.29, 1.82) is 0 Å². The topological polar surface area (TPSA) is 61.4 Å². The van der Waals surface area contributed by atoms with E-state index in [0.717, 1.165) is 12.8 Å². The molecule has 0 spiro atoms. The standard InChI is InChI=1S/C16H32N2O2/c1-11(16(6,7)20)17-13(19)8-12-9-14(2,3)18-15(4,5)10-12/h11-12,18,20H,8-10H2,1-7H3,(H,17,19). The molecule has 1 rings (SSSR count). The number of piperidine rings is 1. The van der Waals surface area contributed by atoms with E-state index in [4.69, 9.17) is 0 Å². The zero-order valence-electron chi connectivity index (χ0n) is 14.1. The molecule has 0 bridgehead atoms. The first-order chi connectivity index (χ1) is 8.81. The van der Waals surface area contributed by atoms with Crippen molar-refractivity contribution in [3.05, 3.63) is 0 Å². The molecular weight excluding hydrogens is 252 g/mol. The van der Waals surface area contributed by atoms with Crippen molar-refractivity contribution in [3.8, 4) is 0 Å². The predicted molar refractivity (Wildman–Crippen MR) is 82.5 cm³/mol. The van der Waals surface area contributed by atoms with E-state index in [0.29, 0.717) is 12.3 Å². The number of carbonyl (C=O) groups is 1. The molecule has 0 aromatic heterocycles. The van der Waals surface area contributed by atoms with Crippen molar-refractivity contribution in [2.75, 3.05) is 0 Å². The molecule has 20 heavy (non-hydrogen) atoms. The van der Waals surface area contributed by atoms with Gasteiger partial charge in [-0.3, -0.25) is 4.79 Å². The van der Waals surface area contributed by atoms with Crippen molar-refractivity contribution in [3.63, 3.8) is 0 Å². The highest BCUT2D eigenvalue weighted by Crippen LogP contribution is 2.34. The summed E-state index contributed by atoms with van der Waals surface area (Å²) in [5.74, 6) is 0.424. The molecule has 0 radical (unpaired) electrons.